The summed E-state index contributed by atoms with van der Waals surface area (Å²) in [5.41, 5.74) is 2.47. The molecule has 1 aliphatic rings. The quantitative estimate of drug-likeness (QED) is 0.776. The first kappa shape index (κ1) is 18.7. The number of rotatable bonds is 8. The van der Waals surface area contributed by atoms with Gasteiger partial charge in [0.15, 0.2) is 11.5 Å². The summed E-state index contributed by atoms with van der Waals surface area (Å²) < 4.78 is 11.6. The molecule has 1 N–H and O–H groups in total. The summed E-state index contributed by atoms with van der Waals surface area (Å²) >= 11 is 0. The Bertz CT molecular complexity index is 669. The van der Waals surface area contributed by atoms with Crippen molar-refractivity contribution in [2.24, 2.45) is 0 Å². The maximum absolute atomic E-state index is 6.01. The molecule has 0 radical (unpaired) electrons. The van der Waals surface area contributed by atoms with E-state index in [0.29, 0.717) is 12.6 Å². The number of benzene rings is 2. The molecule has 1 heterocycles. The summed E-state index contributed by atoms with van der Waals surface area (Å²) in [6.07, 6.45) is 2.33. The average molecular weight is 354 g/mol. The van der Waals surface area contributed by atoms with Gasteiger partial charge in [0.05, 0.1) is 7.11 Å². The zero-order valence-electron chi connectivity index (χ0n) is 15.9. The lowest BCUT2D eigenvalue weighted by atomic mass is 9.99. The van der Waals surface area contributed by atoms with Gasteiger partial charge in [0.2, 0.25) is 0 Å². The standard InChI is InChI=1S/C22H30N2O2/c1-3-7-20(24-14-12-23-13-15-24)19-10-11-21(22(16-19)25-2)26-17-18-8-5-4-6-9-18/h4-6,8-11,16,20,23H,3,7,12-15,17H2,1-2H3/t20-/m1/s1. The first-order valence-corrected chi connectivity index (χ1v) is 9.61. The molecule has 1 fully saturated rings. The first-order chi connectivity index (χ1) is 12.8. The minimum atomic E-state index is 0.444. The fraction of sp³-hybridized carbons (Fsp3) is 0.455. The highest BCUT2D eigenvalue weighted by atomic mass is 16.5. The smallest absolute Gasteiger partial charge is 0.161 e. The number of hydrogen-bond acceptors (Lipinski definition) is 4. The SMILES string of the molecule is CCC[C@H](c1ccc(OCc2ccccc2)c(OC)c1)N1CCNCC1. The number of ether oxygens (including phenoxy) is 2. The van der Waals surface area contributed by atoms with Crippen LogP contribution in [0.5, 0.6) is 11.5 Å². The molecule has 0 unspecified atom stereocenters. The molecule has 0 saturated carbocycles. The van der Waals surface area contributed by atoms with Gasteiger partial charge in [0.1, 0.15) is 6.61 Å². The maximum atomic E-state index is 6.01. The van der Waals surface area contributed by atoms with E-state index in [2.05, 4.69) is 47.5 Å². The molecule has 2 aromatic rings. The van der Waals surface area contributed by atoms with Crippen molar-refractivity contribution in [2.45, 2.75) is 32.4 Å². The lowest BCUT2D eigenvalue weighted by Gasteiger charge is -2.35. The second kappa shape index (κ2) is 9.60. The van der Waals surface area contributed by atoms with Crippen molar-refractivity contribution in [3.63, 3.8) is 0 Å². The maximum Gasteiger partial charge on any atom is 0.161 e. The minimum Gasteiger partial charge on any atom is -0.493 e. The number of hydrogen-bond donors (Lipinski definition) is 1. The molecule has 0 amide bonds. The van der Waals surface area contributed by atoms with E-state index in [-0.39, 0.29) is 0 Å². The van der Waals surface area contributed by atoms with E-state index in [1.165, 1.54) is 12.0 Å². The molecule has 1 aliphatic heterocycles. The largest absolute Gasteiger partial charge is 0.493 e. The van der Waals surface area contributed by atoms with E-state index in [0.717, 1.165) is 49.7 Å². The van der Waals surface area contributed by atoms with Crippen LogP contribution in [0, 0.1) is 0 Å². The normalized spacial score (nSPS) is 16.2. The predicted molar refractivity (Wildman–Crippen MR) is 106 cm³/mol. The van der Waals surface area contributed by atoms with E-state index in [1.54, 1.807) is 7.11 Å². The fourth-order valence-corrected chi connectivity index (χ4v) is 3.57. The summed E-state index contributed by atoms with van der Waals surface area (Å²) in [5, 5.41) is 3.44. The van der Waals surface area contributed by atoms with E-state index in [4.69, 9.17) is 9.47 Å². The molecule has 26 heavy (non-hydrogen) atoms. The lowest BCUT2D eigenvalue weighted by Crippen LogP contribution is -2.45. The molecular formula is C22H30N2O2. The zero-order valence-corrected chi connectivity index (χ0v) is 15.9. The van der Waals surface area contributed by atoms with Crippen LogP contribution in [0.4, 0.5) is 0 Å². The Morgan fingerprint density at radius 1 is 1.04 bits per heavy atom. The van der Waals surface area contributed by atoms with Crippen molar-refractivity contribution < 1.29 is 9.47 Å². The molecule has 4 heteroatoms. The van der Waals surface area contributed by atoms with Gasteiger partial charge in [-0.1, -0.05) is 49.7 Å². The molecule has 0 aromatic heterocycles. The third kappa shape index (κ3) is 4.77. The molecule has 4 nitrogen and oxygen atoms in total. The zero-order chi connectivity index (χ0) is 18.2. The van der Waals surface area contributed by atoms with E-state index < -0.39 is 0 Å². The summed E-state index contributed by atoms with van der Waals surface area (Å²) in [4.78, 5) is 2.58. The van der Waals surface area contributed by atoms with E-state index in [1.807, 2.05) is 18.2 Å². The van der Waals surface area contributed by atoms with Gasteiger partial charge < -0.3 is 14.8 Å². The van der Waals surface area contributed by atoms with E-state index in [9.17, 15) is 0 Å². The van der Waals surface area contributed by atoms with Crippen LogP contribution < -0.4 is 14.8 Å². The molecule has 140 valence electrons. The summed E-state index contributed by atoms with van der Waals surface area (Å²) in [6, 6.07) is 17.1. The number of piperazine rings is 1. The summed E-state index contributed by atoms with van der Waals surface area (Å²) in [5.74, 6) is 1.62. The Morgan fingerprint density at radius 2 is 1.81 bits per heavy atom. The van der Waals surface area contributed by atoms with Gasteiger partial charge in [0.25, 0.3) is 0 Å². The molecule has 2 aromatic carbocycles. The molecular weight excluding hydrogens is 324 g/mol. The first-order valence-electron chi connectivity index (χ1n) is 9.61. The Labute approximate surface area is 157 Å². The Kier molecular flexibility index (Phi) is 6.92. The topological polar surface area (TPSA) is 33.7 Å². The molecule has 1 saturated heterocycles. The summed E-state index contributed by atoms with van der Waals surface area (Å²) in [6.45, 7) is 7.13. The van der Waals surface area contributed by atoms with Gasteiger partial charge in [-0.25, -0.2) is 0 Å². The second-order valence-corrected chi connectivity index (χ2v) is 6.78. The number of nitrogens with zero attached hydrogens (tertiary/aromatic N) is 1. The van der Waals surface area contributed by atoms with Crippen LogP contribution in [-0.2, 0) is 6.61 Å². The van der Waals surface area contributed by atoms with Gasteiger partial charge >= 0.3 is 0 Å². The Morgan fingerprint density at radius 3 is 2.50 bits per heavy atom. The summed E-state index contributed by atoms with van der Waals surface area (Å²) in [7, 11) is 1.72. The molecule has 1 atom stereocenters. The number of methoxy groups -OCH3 is 1. The third-order valence-corrected chi connectivity index (χ3v) is 4.96. The van der Waals surface area contributed by atoms with Crippen molar-refractivity contribution in [2.75, 3.05) is 33.3 Å². The van der Waals surface area contributed by atoms with Gasteiger partial charge in [-0.05, 0) is 29.7 Å². The molecule has 0 spiro atoms. The highest BCUT2D eigenvalue weighted by molar-refractivity contribution is 5.44. The number of nitrogens with one attached hydrogen (secondary N) is 1. The van der Waals surface area contributed by atoms with E-state index >= 15 is 0 Å². The van der Waals surface area contributed by atoms with Crippen LogP contribution in [-0.4, -0.2) is 38.2 Å². The van der Waals surface area contributed by atoms with Crippen molar-refractivity contribution in [3.8, 4) is 11.5 Å². The van der Waals surface area contributed by atoms with Gasteiger partial charge in [0, 0.05) is 32.2 Å². The van der Waals surface area contributed by atoms with Crippen LogP contribution in [0.1, 0.15) is 36.9 Å². The van der Waals surface area contributed by atoms with Gasteiger partial charge in [-0.3, -0.25) is 4.90 Å². The second-order valence-electron chi connectivity index (χ2n) is 6.78. The van der Waals surface area contributed by atoms with Crippen molar-refractivity contribution in [3.05, 3.63) is 59.7 Å². The van der Waals surface area contributed by atoms with Gasteiger partial charge in [-0.2, -0.15) is 0 Å². The molecule has 3 rings (SSSR count). The van der Waals surface area contributed by atoms with Crippen molar-refractivity contribution in [1.29, 1.82) is 0 Å². The average Bonchev–Trinajstić information content (AvgIpc) is 2.72. The minimum absolute atomic E-state index is 0.444. The Balaban J connectivity index is 1.75. The highest BCUT2D eigenvalue weighted by Gasteiger charge is 2.22. The molecule has 0 aliphatic carbocycles. The van der Waals surface area contributed by atoms with Gasteiger partial charge in [-0.15, -0.1) is 0 Å². The van der Waals surface area contributed by atoms with Crippen molar-refractivity contribution >= 4 is 0 Å². The Hall–Kier alpha value is -2.04. The van der Waals surface area contributed by atoms with Crippen LogP contribution in [0.2, 0.25) is 0 Å². The third-order valence-electron chi connectivity index (χ3n) is 4.96. The van der Waals surface area contributed by atoms with Crippen LogP contribution in [0.3, 0.4) is 0 Å². The fourth-order valence-electron chi connectivity index (χ4n) is 3.57. The monoisotopic (exact) mass is 354 g/mol. The predicted octanol–water partition coefficient (Wildman–Crippen LogP) is 4.02. The van der Waals surface area contributed by atoms with Crippen LogP contribution >= 0.6 is 0 Å². The molecule has 0 bridgehead atoms. The lowest BCUT2D eigenvalue weighted by molar-refractivity contribution is 0.164. The van der Waals surface area contributed by atoms with Crippen LogP contribution in [0.25, 0.3) is 0 Å². The van der Waals surface area contributed by atoms with Crippen molar-refractivity contribution in [1.82, 2.24) is 10.2 Å². The highest BCUT2D eigenvalue weighted by Crippen LogP contribution is 2.34. The van der Waals surface area contributed by atoms with Crippen LogP contribution in [0.15, 0.2) is 48.5 Å².